The second kappa shape index (κ2) is 6.56. The molecule has 110 valence electrons. The Bertz CT molecular complexity index is 472. The molecule has 1 aliphatic rings. The van der Waals surface area contributed by atoms with Crippen molar-refractivity contribution in [1.82, 2.24) is 9.88 Å². The molecule has 0 bridgehead atoms. The van der Waals surface area contributed by atoms with Crippen LogP contribution in [-0.4, -0.2) is 46.6 Å². The molecule has 2 rings (SSSR count). The molecule has 1 aromatic heterocycles. The molecule has 0 saturated carbocycles. The van der Waals surface area contributed by atoms with Gasteiger partial charge in [-0.2, -0.15) is 0 Å². The highest BCUT2D eigenvalue weighted by molar-refractivity contribution is 5.86. The minimum absolute atomic E-state index is 0.00678. The summed E-state index contributed by atoms with van der Waals surface area (Å²) < 4.78 is 0. The molecule has 1 atom stereocenters. The van der Waals surface area contributed by atoms with Crippen LogP contribution in [0.25, 0.3) is 0 Å². The number of nitrogens with one attached hydrogen (secondary N) is 1. The first-order chi connectivity index (χ1) is 9.58. The predicted octanol–water partition coefficient (Wildman–Crippen LogP) is 1.65. The number of aromatic nitrogens is 1. The molecule has 1 aliphatic heterocycles. The molecule has 1 saturated heterocycles. The summed E-state index contributed by atoms with van der Waals surface area (Å²) in [7, 11) is 0. The van der Waals surface area contributed by atoms with Crippen LogP contribution in [0.1, 0.15) is 36.7 Å². The maximum Gasteiger partial charge on any atom is 0.354 e. The number of rotatable bonds is 5. The van der Waals surface area contributed by atoms with Gasteiger partial charge in [0.1, 0.15) is 5.82 Å². The third-order valence-electron chi connectivity index (χ3n) is 3.72. The lowest BCUT2D eigenvalue weighted by Gasteiger charge is -2.32. The number of carbonyl (C=O) groups is 1. The Morgan fingerprint density at radius 3 is 2.80 bits per heavy atom. The van der Waals surface area contributed by atoms with Crippen LogP contribution in [0.2, 0.25) is 0 Å². The fourth-order valence-corrected chi connectivity index (χ4v) is 2.46. The summed E-state index contributed by atoms with van der Waals surface area (Å²) in [4.78, 5) is 17.4. The second-order valence-corrected chi connectivity index (χ2v) is 5.27. The van der Waals surface area contributed by atoms with E-state index in [0.29, 0.717) is 24.1 Å². The maximum atomic E-state index is 10.9. The van der Waals surface area contributed by atoms with Crippen LogP contribution in [0, 0.1) is 0 Å². The van der Waals surface area contributed by atoms with Gasteiger partial charge in [-0.25, -0.2) is 9.78 Å². The van der Waals surface area contributed by atoms with Crippen LogP contribution >= 0.6 is 0 Å². The van der Waals surface area contributed by atoms with Crippen LogP contribution < -0.4 is 11.1 Å². The third-order valence-corrected chi connectivity index (χ3v) is 3.72. The first kappa shape index (κ1) is 14.6. The number of likely N-dealkylation sites (tertiary alicyclic amines) is 1. The molecule has 0 spiro atoms. The Labute approximate surface area is 119 Å². The number of pyridine rings is 1. The van der Waals surface area contributed by atoms with E-state index in [1.54, 1.807) is 6.07 Å². The van der Waals surface area contributed by atoms with Crippen molar-refractivity contribution in [2.75, 3.05) is 30.7 Å². The molecule has 4 N–H and O–H groups in total. The zero-order valence-electron chi connectivity index (χ0n) is 11.8. The highest BCUT2D eigenvalue weighted by Crippen LogP contribution is 2.17. The van der Waals surface area contributed by atoms with E-state index in [1.165, 1.54) is 25.3 Å². The van der Waals surface area contributed by atoms with Crippen LogP contribution in [0.4, 0.5) is 11.5 Å². The lowest BCUT2D eigenvalue weighted by molar-refractivity contribution is 0.0690. The molecular formula is C14H22N4O2. The minimum Gasteiger partial charge on any atom is -0.477 e. The molecule has 0 aliphatic carbocycles. The Balaban J connectivity index is 1.95. The molecule has 6 nitrogen and oxygen atoms in total. The van der Waals surface area contributed by atoms with E-state index < -0.39 is 5.97 Å². The van der Waals surface area contributed by atoms with Crippen LogP contribution in [0.3, 0.4) is 0 Å². The minimum atomic E-state index is -1.04. The fourth-order valence-electron chi connectivity index (χ4n) is 2.46. The van der Waals surface area contributed by atoms with Crippen molar-refractivity contribution < 1.29 is 9.90 Å². The number of carboxylic acid groups (broad SMARTS) is 1. The zero-order valence-corrected chi connectivity index (χ0v) is 11.8. The molecule has 1 fully saturated rings. The largest absolute Gasteiger partial charge is 0.477 e. The number of anilines is 2. The predicted molar refractivity (Wildman–Crippen MR) is 79.0 cm³/mol. The van der Waals surface area contributed by atoms with E-state index in [0.717, 1.165) is 13.1 Å². The number of nitrogens with zero attached hydrogens (tertiary/aromatic N) is 2. The van der Waals surface area contributed by atoms with E-state index in [1.807, 2.05) is 0 Å². The summed E-state index contributed by atoms with van der Waals surface area (Å²) in [5.41, 5.74) is 6.30. The summed E-state index contributed by atoms with van der Waals surface area (Å²) >= 11 is 0. The molecule has 6 heteroatoms. The summed E-state index contributed by atoms with van der Waals surface area (Å²) in [6.45, 7) is 5.12. The van der Waals surface area contributed by atoms with Crippen LogP contribution in [-0.2, 0) is 0 Å². The average Bonchev–Trinajstić information content (AvgIpc) is 2.46. The van der Waals surface area contributed by atoms with Gasteiger partial charge in [-0.3, -0.25) is 4.90 Å². The van der Waals surface area contributed by atoms with Gasteiger partial charge in [0.25, 0.3) is 0 Å². The number of nitrogens with two attached hydrogens (primary N) is 1. The van der Waals surface area contributed by atoms with E-state index in [2.05, 4.69) is 22.1 Å². The van der Waals surface area contributed by atoms with Gasteiger partial charge < -0.3 is 16.2 Å². The van der Waals surface area contributed by atoms with Crippen molar-refractivity contribution in [3.63, 3.8) is 0 Å². The quantitative estimate of drug-likeness (QED) is 0.758. The molecule has 20 heavy (non-hydrogen) atoms. The molecule has 0 radical (unpaired) electrons. The van der Waals surface area contributed by atoms with Crippen molar-refractivity contribution in [2.24, 2.45) is 0 Å². The van der Waals surface area contributed by atoms with E-state index in [4.69, 9.17) is 10.8 Å². The number of hydrogen-bond acceptors (Lipinski definition) is 5. The molecule has 0 aromatic carbocycles. The smallest absolute Gasteiger partial charge is 0.354 e. The van der Waals surface area contributed by atoms with Crippen LogP contribution in [0.15, 0.2) is 12.1 Å². The number of aromatic carboxylic acids is 1. The highest BCUT2D eigenvalue weighted by Gasteiger charge is 2.17. The number of carboxylic acids is 1. The van der Waals surface area contributed by atoms with Crippen LogP contribution in [0.5, 0.6) is 0 Å². The zero-order chi connectivity index (χ0) is 14.5. The normalized spacial score (nSPS) is 17.6. The number of piperidine rings is 1. The summed E-state index contributed by atoms with van der Waals surface area (Å²) in [5.74, 6) is -0.592. The Morgan fingerprint density at radius 2 is 2.15 bits per heavy atom. The fraction of sp³-hybridized carbons (Fsp3) is 0.571. The Kier molecular flexibility index (Phi) is 4.79. The Morgan fingerprint density at radius 1 is 1.45 bits per heavy atom. The average molecular weight is 278 g/mol. The summed E-state index contributed by atoms with van der Waals surface area (Å²) in [6.07, 6.45) is 3.81. The van der Waals surface area contributed by atoms with E-state index >= 15 is 0 Å². The lowest BCUT2D eigenvalue weighted by atomic mass is 10.1. The van der Waals surface area contributed by atoms with Gasteiger partial charge in [-0.15, -0.1) is 0 Å². The SMILES string of the molecule is CC(CNc1nc(C(=O)O)ccc1N)N1CCCCC1. The molecule has 1 unspecified atom stereocenters. The number of hydrogen-bond donors (Lipinski definition) is 3. The van der Waals surface area contributed by atoms with Crippen molar-refractivity contribution in [1.29, 1.82) is 0 Å². The van der Waals surface area contributed by atoms with Gasteiger partial charge >= 0.3 is 5.97 Å². The van der Waals surface area contributed by atoms with Gasteiger partial charge in [-0.05, 0) is 45.0 Å². The molecular weight excluding hydrogens is 256 g/mol. The topological polar surface area (TPSA) is 91.5 Å². The van der Waals surface area contributed by atoms with Gasteiger partial charge in [0, 0.05) is 12.6 Å². The monoisotopic (exact) mass is 278 g/mol. The van der Waals surface area contributed by atoms with Crippen molar-refractivity contribution in [2.45, 2.75) is 32.2 Å². The summed E-state index contributed by atoms with van der Waals surface area (Å²) in [6, 6.07) is 3.37. The van der Waals surface area contributed by atoms with Gasteiger partial charge in [0.05, 0.1) is 5.69 Å². The van der Waals surface area contributed by atoms with E-state index in [9.17, 15) is 4.79 Å². The Hall–Kier alpha value is -1.82. The van der Waals surface area contributed by atoms with Crippen molar-refractivity contribution in [3.05, 3.63) is 17.8 Å². The van der Waals surface area contributed by atoms with Gasteiger partial charge in [-0.1, -0.05) is 6.42 Å². The van der Waals surface area contributed by atoms with E-state index in [-0.39, 0.29) is 5.69 Å². The van der Waals surface area contributed by atoms with Crippen molar-refractivity contribution in [3.8, 4) is 0 Å². The lowest BCUT2D eigenvalue weighted by Crippen LogP contribution is -2.41. The third kappa shape index (κ3) is 3.60. The standard InChI is InChI=1S/C14H22N4O2/c1-10(18-7-3-2-4-8-18)9-16-13-11(15)5-6-12(17-13)14(19)20/h5-6,10H,2-4,7-9,15H2,1H3,(H,16,17)(H,19,20). The molecule has 1 aromatic rings. The van der Waals surface area contributed by atoms with Crippen molar-refractivity contribution >= 4 is 17.5 Å². The summed E-state index contributed by atoms with van der Waals surface area (Å²) in [5, 5.41) is 12.1. The molecule has 2 heterocycles. The first-order valence-electron chi connectivity index (χ1n) is 7.05. The van der Waals surface area contributed by atoms with Gasteiger partial charge in [0.2, 0.25) is 0 Å². The number of nitrogen functional groups attached to an aromatic ring is 1. The first-order valence-corrected chi connectivity index (χ1v) is 7.05. The highest BCUT2D eigenvalue weighted by atomic mass is 16.4. The van der Waals surface area contributed by atoms with Gasteiger partial charge in [0.15, 0.2) is 5.69 Å². The molecule has 0 amide bonds. The maximum absolute atomic E-state index is 10.9. The second-order valence-electron chi connectivity index (χ2n) is 5.27.